The van der Waals surface area contributed by atoms with Crippen molar-refractivity contribution in [1.29, 1.82) is 0 Å². The predicted octanol–water partition coefficient (Wildman–Crippen LogP) is 0.947. The second kappa shape index (κ2) is 5.16. The van der Waals surface area contributed by atoms with E-state index in [0.717, 1.165) is 26.2 Å². The van der Waals surface area contributed by atoms with E-state index in [9.17, 15) is 13.9 Å². The van der Waals surface area contributed by atoms with Crippen molar-refractivity contribution in [1.82, 2.24) is 10.2 Å². The molecule has 2 aliphatic heterocycles. The molecule has 2 N–H and O–H groups in total. The average molecular weight is 286 g/mol. The van der Waals surface area contributed by atoms with E-state index in [4.69, 9.17) is 0 Å². The van der Waals surface area contributed by atoms with Gasteiger partial charge in [-0.25, -0.2) is 0 Å². The molecule has 5 nitrogen and oxygen atoms in total. The largest absolute Gasteiger partial charge is 0.586 e. The number of rotatable bonds is 3. The summed E-state index contributed by atoms with van der Waals surface area (Å²) in [7, 11) is 0. The smallest absolute Gasteiger partial charge is 0.395 e. The number of benzene rings is 1. The molecule has 3 rings (SSSR count). The van der Waals surface area contributed by atoms with Gasteiger partial charge in [-0.2, -0.15) is 0 Å². The van der Waals surface area contributed by atoms with E-state index in [2.05, 4.69) is 14.8 Å². The minimum atomic E-state index is -3.64. The lowest BCUT2D eigenvalue weighted by atomic mass is 10.0. The van der Waals surface area contributed by atoms with Crippen molar-refractivity contribution < 1.29 is 23.4 Å². The lowest BCUT2D eigenvalue weighted by Gasteiger charge is -2.34. The van der Waals surface area contributed by atoms with E-state index in [1.165, 1.54) is 6.07 Å². The molecule has 0 amide bonds. The lowest BCUT2D eigenvalue weighted by molar-refractivity contribution is -0.287. The Kier molecular flexibility index (Phi) is 3.49. The maximum Gasteiger partial charge on any atom is 0.586 e. The van der Waals surface area contributed by atoms with E-state index in [1.54, 1.807) is 12.1 Å². The quantitative estimate of drug-likeness (QED) is 0.866. The summed E-state index contributed by atoms with van der Waals surface area (Å²) in [6.45, 7) is 2.93. The van der Waals surface area contributed by atoms with Crippen molar-refractivity contribution in [3.05, 3.63) is 23.8 Å². The number of hydrogen-bond donors (Lipinski definition) is 2. The molecular formula is C13H16F2N2O3. The number of aliphatic hydroxyl groups is 1. The number of aliphatic hydroxyl groups excluding tert-OH is 1. The second-order valence-corrected chi connectivity index (χ2v) is 4.83. The zero-order chi connectivity index (χ0) is 14.2. The Balaban J connectivity index is 1.91. The third-order valence-electron chi connectivity index (χ3n) is 3.58. The molecule has 0 unspecified atom stereocenters. The molecule has 0 aliphatic carbocycles. The van der Waals surface area contributed by atoms with Gasteiger partial charge in [-0.3, -0.25) is 4.90 Å². The van der Waals surface area contributed by atoms with Gasteiger partial charge in [0, 0.05) is 31.7 Å². The summed E-state index contributed by atoms with van der Waals surface area (Å²) < 4.78 is 35.4. The number of alkyl halides is 2. The van der Waals surface area contributed by atoms with Crippen molar-refractivity contribution in [2.75, 3.05) is 32.8 Å². The molecule has 0 radical (unpaired) electrons. The van der Waals surface area contributed by atoms with Crippen LogP contribution < -0.4 is 14.8 Å². The van der Waals surface area contributed by atoms with Crippen LogP contribution in [-0.4, -0.2) is 49.1 Å². The highest BCUT2D eigenvalue weighted by Gasteiger charge is 2.45. The standard InChI is InChI=1S/C13H16F2N2O3/c14-13(15)19-11-3-1-2-9(12(11)20-13)10(8-18)17-6-4-16-5-7-17/h1-3,10,16,18H,4-8H2/t10-/m0/s1. The monoisotopic (exact) mass is 286 g/mol. The molecule has 0 spiro atoms. The summed E-state index contributed by atoms with van der Waals surface area (Å²) in [5.74, 6) is 0.0381. The number of para-hydroxylation sites is 1. The van der Waals surface area contributed by atoms with Crippen LogP contribution in [0.1, 0.15) is 11.6 Å². The third kappa shape index (κ3) is 2.44. The van der Waals surface area contributed by atoms with E-state index >= 15 is 0 Å². The Labute approximate surface area is 115 Å². The van der Waals surface area contributed by atoms with Gasteiger partial charge in [0.15, 0.2) is 11.5 Å². The molecule has 7 heteroatoms. The minimum Gasteiger partial charge on any atom is -0.395 e. The van der Waals surface area contributed by atoms with Crippen LogP contribution in [0.3, 0.4) is 0 Å². The summed E-state index contributed by atoms with van der Waals surface area (Å²) in [6, 6.07) is 4.38. The van der Waals surface area contributed by atoms with E-state index in [0.29, 0.717) is 5.56 Å². The highest BCUT2D eigenvalue weighted by Crippen LogP contribution is 2.45. The van der Waals surface area contributed by atoms with Crippen LogP contribution in [0.2, 0.25) is 0 Å². The zero-order valence-corrected chi connectivity index (χ0v) is 10.8. The van der Waals surface area contributed by atoms with Crippen LogP contribution in [-0.2, 0) is 0 Å². The zero-order valence-electron chi connectivity index (χ0n) is 10.8. The summed E-state index contributed by atoms with van der Waals surface area (Å²) >= 11 is 0. The van der Waals surface area contributed by atoms with Crippen LogP contribution in [0.15, 0.2) is 18.2 Å². The van der Waals surface area contributed by atoms with Gasteiger partial charge in [0.05, 0.1) is 12.6 Å². The molecule has 0 saturated carbocycles. The molecule has 1 fully saturated rings. The molecule has 2 aliphatic rings. The third-order valence-corrected chi connectivity index (χ3v) is 3.58. The van der Waals surface area contributed by atoms with Gasteiger partial charge in [0.2, 0.25) is 0 Å². The first-order valence-electron chi connectivity index (χ1n) is 6.55. The van der Waals surface area contributed by atoms with Gasteiger partial charge < -0.3 is 19.9 Å². The van der Waals surface area contributed by atoms with Gasteiger partial charge in [0.1, 0.15) is 0 Å². The Hall–Kier alpha value is -1.44. The summed E-state index contributed by atoms with van der Waals surface area (Å²) in [5.41, 5.74) is 0.532. The van der Waals surface area contributed by atoms with E-state index in [-0.39, 0.29) is 24.1 Å². The fourth-order valence-electron chi connectivity index (χ4n) is 2.66. The molecule has 110 valence electrons. The van der Waals surface area contributed by atoms with Crippen LogP contribution in [0.5, 0.6) is 11.5 Å². The topological polar surface area (TPSA) is 54.0 Å². The maximum absolute atomic E-state index is 13.2. The number of fused-ring (bicyclic) bond motifs is 1. The second-order valence-electron chi connectivity index (χ2n) is 4.83. The molecule has 20 heavy (non-hydrogen) atoms. The molecule has 1 aromatic rings. The first kappa shape index (κ1) is 13.5. The van der Waals surface area contributed by atoms with Gasteiger partial charge in [-0.1, -0.05) is 12.1 Å². The van der Waals surface area contributed by atoms with Crippen molar-refractivity contribution in [2.24, 2.45) is 0 Å². The summed E-state index contributed by atoms with van der Waals surface area (Å²) in [4.78, 5) is 2.05. The molecule has 0 bridgehead atoms. The Bertz CT molecular complexity index is 493. The van der Waals surface area contributed by atoms with Crippen LogP contribution >= 0.6 is 0 Å². The van der Waals surface area contributed by atoms with E-state index < -0.39 is 6.29 Å². The summed E-state index contributed by atoms with van der Waals surface area (Å²) in [6.07, 6.45) is -3.64. The van der Waals surface area contributed by atoms with Gasteiger partial charge in [-0.15, -0.1) is 8.78 Å². The van der Waals surface area contributed by atoms with Crippen LogP contribution in [0.4, 0.5) is 8.78 Å². The number of ether oxygens (including phenoxy) is 2. The fraction of sp³-hybridized carbons (Fsp3) is 0.538. The normalized spacial score (nSPS) is 22.8. The lowest BCUT2D eigenvalue weighted by Crippen LogP contribution is -2.46. The molecule has 0 aromatic heterocycles. The van der Waals surface area contributed by atoms with Crippen molar-refractivity contribution in [3.63, 3.8) is 0 Å². The maximum atomic E-state index is 13.2. The number of nitrogens with zero attached hydrogens (tertiary/aromatic N) is 1. The van der Waals surface area contributed by atoms with Gasteiger partial charge in [0.25, 0.3) is 0 Å². The Morgan fingerprint density at radius 1 is 1.30 bits per heavy atom. The fourth-order valence-corrected chi connectivity index (χ4v) is 2.66. The molecule has 1 atom stereocenters. The summed E-state index contributed by atoms with van der Waals surface area (Å²) in [5, 5.41) is 12.9. The SMILES string of the molecule is OC[C@@H](c1cccc2c1OC(F)(F)O2)N1CCNCC1. The molecule has 1 aromatic carbocycles. The first-order chi connectivity index (χ1) is 9.61. The van der Waals surface area contributed by atoms with Crippen molar-refractivity contribution >= 4 is 0 Å². The first-order valence-corrected chi connectivity index (χ1v) is 6.55. The van der Waals surface area contributed by atoms with Crippen LogP contribution in [0, 0.1) is 0 Å². The highest BCUT2D eigenvalue weighted by atomic mass is 19.3. The van der Waals surface area contributed by atoms with Crippen molar-refractivity contribution in [3.8, 4) is 11.5 Å². The molecule has 1 saturated heterocycles. The van der Waals surface area contributed by atoms with Crippen molar-refractivity contribution in [2.45, 2.75) is 12.3 Å². The number of hydrogen-bond acceptors (Lipinski definition) is 5. The average Bonchev–Trinajstić information content (AvgIpc) is 2.75. The molecule has 2 heterocycles. The highest BCUT2D eigenvalue weighted by molar-refractivity contribution is 5.50. The van der Waals surface area contributed by atoms with E-state index in [1.807, 2.05) is 4.90 Å². The Morgan fingerprint density at radius 3 is 2.75 bits per heavy atom. The van der Waals surface area contributed by atoms with Crippen LogP contribution in [0.25, 0.3) is 0 Å². The number of piperazine rings is 1. The number of nitrogens with one attached hydrogen (secondary N) is 1. The van der Waals surface area contributed by atoms with Gasteiger partial charge in [-0.05, 0) is 6.07 Å². The minimum absolute atomic E-state index is 0.0149. The van der Waals surface area contributed by atoms with Gasteiger partial charge >= 0.3 is 6.29 Å². The number of halogens is 2. The Morgan fingerprint density at radius 2 is 2.05 bits per heavy atom. The predicted molar refractivity (Wildman–Crippen MR) is 66.9 cm³/mol. The molecular weight excluding hydrogens is 270 g/mol.